The smallest absolute Gasteiger partial charge is 0.146 e. The molecule has 0 spiro atoms. The van der Waals surface area contributed by atoms with E-state index in [9.17, 15) is 4.39 Å². The highest BCUT2D eigenvalue weighted by atomic mass is 32.2. The lowest BCUT2D eigenvalue weighted by Crippen LogP contribution is -2.32. The van der Waals surface area contributed by atoms with E-state index in [1.54, 1.807) is 23.9 Å². The van der Waals surface area contributed by atoms with Crippen LogP contribution >= 0.6 is 11.8 Å². The standard InChI is InChI=1S/C20H21FN4O2.C2H6S/c1-12-7-14(22)9-16-18(12)19(24-11-23-16)25-15-4-3-13(21)8-17(15)27-20(2)5-6-26-10-20;1-3-2/h3-4,7-9,11H,5-6,10,22H2,1-2H3,(H,23,24,25);1-2H3. The van der Waals surface area contributed by atoms with Crippen molar-refractivity contribution in [2.45, 2.75) is 25.9 Å². The predicted molar refractivity (Wildman–Crippen MR) is 122 cm³/mol. The molecule has 8 heteroatoms. The SMILES string of the molecule is CSC.Cc1cc(N)cc2ncnc(Nc3ccc(F)cc3OC3(C)CCOC3)c12. The summed E-state index contributed by atoms with van der Waals surface area (Å²) in [7, 11) is 0. The third-order valence-corrected chi connectivity index (χ3v) is 4.69. The maximum Gasteiger partial charge on any atom is 0.146 e. The quantitative estimate of drug-likeness (QED) is 0.567. The fourth-order valence-electron chi connectivity index (χ4n) is 3.32. The number of nitrogens with one attached hydrogen (secondary N) is 1. The third kappa shape index (κ3) is 5.12. The van der Waals surface area contributed by atoms with Crippen LogP contribution in [0.4, 0.5) is 21.6 Å². The molecule has 160 valence electrons. The molecule has 2 aromatic carbocycles. The average molecular weight is 431 g/mol. The van der Waals surface area contributed by atoms with Crippen molar-refractivity contribution in [3.05, 3.63) is 48.0 Å². The Hall–Kier alpha value is -2.58. The zero-order valence-electron chi connectivity index (χ0n) is 17.7. The van der Waals surface area contributed by atoms with E-state index in [-0.39, 0.29) is 5.82 Å². The Bertz CT molecular complexity index is 1030. The van der Waals surface area contributed by atoms with Crippen LogP contribution in [-0.4, -0.2) is 41.3 Å². The molecule has 30 heavy (non-hydrogen) atoms. The number of nitrogens with two attached hydrogens (primary N) is 1. The van der Waals surface area contributed by atoms with Gasteiger partial charge >= 0.3 is 0 Å². The number of ether oxygens (including phenoxy) is 2. The first-order valence-corrected chi connectivity index (χ1v) is 11.2. The Morgan fingerprint density at radius 1 is 1.23 bits per heavy atom. The van der Waals surface area contributed by atoms with Gasteiger partial charge in [0.25, 0.3) is 0 Å². The topological polar surface area (TPSA) is 82.3 Å². The number of nitrogens with zero attached hydrogens (tertiary/aromatic N) is 2. The van der Waals surface area contributed by atoms with E-state index in [1.807, 2.05) is 32.4 Å². The Balaban J connectivity index is 0.000000806. The van der Waals surface area contributed by atoms with Crippen LogP contribution in [0.15, 0.2) is 36.7 Å². The number of fused-ring (bicyclic) bond motifs is 1. The largest absolute Gasteiger partial charge is 0.483 e. The number of thioether (sulfide) groups is 1. The van der Waals surface area contributed by atoms with Crippen molar-refractivity contribution in [2.24, 2.45) is 0 Å². The first kappa shape index (κ1) is 22.1. The molecule has 1 aromatic heterocycles. The summed E-state index contributed by atoms with van der Waals surface area (Å²) in [6.45, 7) is 5.01. The molecule has 1 atom stereocenters. The zero-order valence-corrected chi connectivity index (χ0v) is 18.5. The minimum absolute atomic E-state index is 0.366. The van der Waals surface area contributed by atoms with Crippen LogP contribution in [0.2, 0.25) is 0 Å². The van der Waals surface area contributed by atoms with Gasteiger partial charge in [-0.3, -0.25) is 0 Å². The highest BCUT2D eigenvalue weighted by Crippen LogP contribution is 2.35. The molecule has 0 aliphatic carbocycles. The van der Waals surface area contributed by atoms with Gasteiger partial charge in [-0.05, 0) is 56.2 Å². The first-order chi connectivity index (χ1) is 14.3. The minimum Gasteiger partial charge on any atom is -0.483 e. The molecule has 1 unspecified atom stereocenters. The van der Waals surface area contributed by atoms with Gasteiger partial charge in [0.2, 0.25) is 0 Å². The van der Waals surface area contributed by atoms with Crippen molar-refractivity contribution >= 4 is 39.9 Å². The molecule has 0 radical (unpaired) electrons. The summed E-state index contributed by atoms with van der Waals surface area (Å²) < 4.78 is 25.4. The van der Waals surface area contributed by atoms with Crippen molar-refractivity contribution < 1.29 is 13.9 Å². The molecule has 1 fully saturated rings. The van der Waals surface area contributed by atoms with Crippen LogP contribution in [0, 0.1) is 12.7 Å². The van der Waals surface area contributed by atoms with Gasteiger partial charge < -0.3 is 20.5 Å². The van der Waals surface area contributed by atoms with Crippen LogP contribution in [-0.2, 0) is 4.74 Å². The molecule has 4 rings (SSSR count). The minimum atomic E-state index is -0.484. The van der Waals surface area contributed by atoms with Crippen LogP contribution in [0.1, 0.15) is 18.9 Å². The maximum atomic E-state index is 13.9. The van der Waals surface area contributed by atoms with E-state index >= 15 is 0 Å². The number of benzene rings is 2. The Kier molecular flexibility index (Phi) is 6.99. The molecule has 3 N–H and O–H groups in total. The molecule has 1 aliphatic heterocycles. The Labute approximate surface area is 180 Å². The highest BCUT2D eigenvalue weighted by Gasteiger charge is 2.32. The summed E-state index contributed by atoms with van der Waals surface area (Å²) in [5.74, 6) is 0.666. The summed E-state index contributed by atoms with van der Waals surface area (Å²) in [4.78, 5) is 8.67. The molecule has 6 nitrogen and oxygen atoms in total. The van der Waals surface area contributed by atoms with E-state index in [1.165, 1.54) is 18.5 Å². The van der Waals surface area contributed by atoms with E-state index in [4.69, 9.17) is 15.2 Å². The van der Waals surface area contributed by atoms with Gasteiger partial charge in [-0.1, -0.05) is 0 Å². The molecule has 1 aliphatic rings. The summed E-state index contributed by atoms with van der Waals surface area (Å²) in [5.41, 5.74) is 8.40. The lowest BCUT2D eigenvalue weighted by Gasteiger charge is -2.26. The van der Waals surface area contributed by atoms with E-state index in [2.05, 4.69) is 15.3 Å². The van der Waals surface area contributed by atoms with Crippen LogP contribution < -0.4 is 15.8 Å². The molecule has 0 bridgehead atoms. The molecule has 3 aromatic rings. The number of anilines is 3. The van der Waals surface area contributed by atoms with E-state index in [0.717, 1.165) is 22.9 Å². The second-order valence-electron chi connectivity index (χ2n) is 7.48. The van der Waals surface area contributed by atoms with Gasteiger partial charge in [0.1, 0.15) is 29.3 Å². The van der Waals surface area contributed by atoms with Gasteiger partial charge in [-0.25, -0.2) is 14.4 Å². The number of hydrogen-bond acceptors (Lipinski definition) is 7. The number of nitrogen functional groups attached to an aromatic ring is 1. The zero-order chi connectivity index (χ0) is 21.7. The predicted octanol–water partition coefficient (Wildman–Crippen LogP) is 4.94. The molecule has 0 amide bonds. The molecule has 1 saturated heterocycles. The average Bonchev–Trinajstić information content (AvgIpc) is 3.10. The molecule has 2 heterocycles. The number of halogens is 1. The maximum absolute atomic E-state index is 13.9. The van der Waals surface area contributed by atoms with Crippen molar-refractivity contribution in [3.63, 3.8) is 0 Å². The third-order valence-electron chi connectivity index (χ3n) is 4.69. The summed E-state index contributed by atoms with van der Waals surface area (Å²) in [5, 5.41) is 4.13. The Morgan fingerprint density at radius 3 is 2.70 bits per heavy atom. The lowest BCUT2D eigenvalue weighted by atomic mass is 10.1. The molecule has 0 saturated carbocycles. The van der Waals surface area contributed by atoms with Gasteiger partial charge in [0.15, 0.2) is 0 Å². The second-order valence-corrected chi connectivity index (χ2v) is 8.30. The van der Waals surface area contributed by atoms with Gasteiger partial charge in [-0.15, -0.1) is 0 Å². The van der Waals surface area contributed by atoms with Crippen LogP contribution in [0.25, 0.3) is 10.9 Å². The summed E-state index contributed by atoms with van der Waals surface area (Å²) in [6.07, 6.45) is 6.30. The fourth-order valence-corrected chi connectivity index (χ4v) is 3.32. The van der Waals surface area contributed by atoms with Gasteiger partial charge in [0.05, 0.1) is 24.4 Å². The van der Waals surface area contributed by atoms with Crippen molar-refractivity contribution in [1.82, 2.24) is 9.97 Å². The van der Waals surface area contributed by atoms with Crippen molar-refractivity contribution in [1.29, 1.82) is 0 Å². The fraction of sp³-hybridized carbons (Fsp3) is 0.364. The van der Waals surface area contributed by atoms with Crippen LogP contribution in [0.3, 0.4) is 0 Å². The molecular formula is C22H27FN4O2S. The monoisotopic (exact) mass is 430 g/mol. The van der Waals surface area contributed by atoms with E-state index in [0.29, 0.717) is 36.2 Å². The number of hydrogen-bond donors (Lipinski definition) is 2. The van der Waals surface area contributed by atoms with Gasteiger partial charge in [-0.2, -0.15) is 11.8 Å². The molecular weight excluding hydrogens is 403 g/mol. The van der Waals surface area contributed by atoms with E-state index < -0.39 is 5.60 Å². The summed E-state index contributed by atoms with van der Waals surface area (Å²) in [6, 6.07) is 8.07. The van der Waals surface area contributed by atoms with Crippen molar-refractivity contribution in [3.8, 4) is 5.75 Å². The second kappa shape index (κ2) is 9.49. The number of aromatic nitrogens is 2. The highest BCUT2D eigenvalue weighted by molar-refractivity contribution is 7.97. The van der Waals surface area contributed by atoms with Crippen LogP contribution in [0.5, 0.6) is 5.75 Å². The normalized spacial score (nSPS) is 18.0. The summed E-state index contributed by atoms with van der Waals surface area (Å²) >= 11 is 1.75. The van der Waals surface area contributed by atoms with Gasteiger partial charge in [0, 0.05) is 23.6 Å². The van der Waals surface area contributed by atoms with Crippen molar-refractivity contribution in [2.75, 3.05) is 36.8 Å². The number of rotatable bonds is 4. The lowest BCUT2D eigenvalue weighted by molar-refractivity contribution is 0.0668. The number of aryl methyl sites for hydroxylation is 1. The first-order valence-electron chi connectivity index (χ1n) is 9.59. The Morgan fingerprint density at radius 2 is 2.00 bits per heavy atom.